The lowest BCUT2D eigenvalue weighted by molar-refractivity contribution is 0.841. The van der Waals surface area contributed by atoms with Crippen LogP contribution in [-0.2, 0) is 6.54 Å². The van der Waals surface area contributed by atoms with Crippen LogP contribution in [0.1, 0.15) is 17.4 Å². The molecule has 0 bridgehead atoms. The van der Waals surface area contributed by atoms with Crippen LogP contribution in [0.5, 0.6) is 0 Å². The maximum Gasteiger partial charge on any atom is 0.101 e. The van der Waals surface area contributed by atoms with Crippen molar-refractivity contribution in [2.45, 2.75) is 13.5 Å². The lowest BCUT2D eigenvalue weighted by Gasteiger charge is -2.23. The average molecular weight is 242 g/mol. The van der Waals surface area contributed by atoms with Gasteiger partial charge in [-0.15, -0.1) is 11.3 Å². The lowest BCUT2D eigenvalue weighted by Crippen LogP contribution is -2.22. The zero-order valence-corrected chi connectivity index (χ0v) is 10.6. The lowest BCUT2D eigenvalue weighted by atomic mass is 10.1. The second kappa shape index (κ2) is 5.51. The number of nitriles is 1. The van der Waals surface area contributed by atoms with Crippen molar-refractivity contribution in [2.75, 3.05) is 11.4 Å². The van der Waals surface area contributed by atoms with Gasteiger partial charge in [0, 0.05) is 11.4 Å². The van der Waals surface area contributed by atoms with Gasteiger partial charge in [-0.1, -0.05) is 18.2 Å². The topological polar surface area (TPSA) is 27.0 Å². The minimum Gasteiger partial charge on any atom is -0.366 e. The Balaban J connectivity index is 2.26. The molecule has 0 fully saturated rings. The van der Waals surface area contributed by atoms with Crippen LogP contribution in [0.15, 0.2) is 41.8 Å². The molecule has 1 aromatic heterocycles. The Morgan fingerprint density at radius 3 is 2.71 bits per heavy atom. The fraction of sp³-hybridized carbons (Fsp3) is 0.214. The van der Waals surface area contributed by atoms with Crippen molar-refractivity contribution in [3.63, 3.8) is 0 Å². The van der Waals surface area contributed by atoms with E-state index < -0.39 is 0 Å². The molecule has 0 saturated carbocycles. The highest BCUT2D eigenvalue weighted by Gasteiger charge is 2.09. The number of hydrogen-bond donors (Lipinski definition) is 0. The zero-order valence-electron chi connectivity index (χ0n) is 9.76. The minimum absolute atomic E-state index is 0.742. The van der Waals surface area contributed by atoms with E-state index >= 15 is 0 Å². The Hall–Kier alpha value is -1.79. The number of benzene rings is 1. The molecule has 2 aromatic rings. The first kappa shape index (κ1) is 11.7. The third kappa shape index (κ3) is 2.66. The molecular weight excluding hydrogens is 228 g/mol. The Morgan fingerprint density at radius 2 is 2.06 bits per heavy atom. The quantitative estimate of drug-likeness (QED) is 0.818. The molecule has 0 radical (unpaired) electrons. The van der Waals surface area contributed by atoms with E-state index in [2.05, 4.69) is 35.4 Å². The number of nitrogens with zero attached hydrogens (tertiary/aromatic N) is 2. The van der Waals surface area contributed by atoms with E-state index in [9.17, 15) is 0 Å². The summed E-state index contributed by atoms with van der Waals surface area (Å²) in [6.07, 6.45) is 0. The highest BCUT2D eigenvalue weighted by molar-refractivity contribution is 7.09. The SMILES string of the molecule is CCN(Cc1cccs1)c1ccccc1C#N. The van der Waals surface area contributed by atoms with Crippen LogP contribution in [0.4, 0.5) is 5.69 Å². The highest BCUT2D eigenvalue weighted by Crippen LogP contribution is 2.22. The van der Waals surface area contributed by atoms with Crippen LogP contribution in [0.2, 0.25) is 0 Å². The largest absolute Gasteiger partial charge is 0.366 e. The van der Waals surface area contributed by atoms with Crippen LogP contribution >= 0.6 is 11.3 Å². The van der Waals surface area contributed by atoms with Gasteiger partial charge in [0.05, 0.1) is 17.8 Å². The van der Waals surface area contributed by atoms with Gasteiger partial charge in [0.2, 0.25) is 0 Å². The average Bonchev–Trinajstić information content (AvgIpc) is 2.89. The van der Waals surface area contributed by atoms with Gasteiger partial charge < -0.3 is 4.90 Å². The van der Waals surface area contributed by atoms with Gasteiger partial charge in [-0.2, -0.15) is 5.26 Å². The fourth-order valence-corrected chi connectivity index (χ4v) is 2.52. The summed E-state index contributed by atoms with van der Waals surface area (Å²) in [5, 5.41) is 11.2. The molecule has 0 aliphatic carbocycles. The molecule has 0 atom stereocenters. The number of thiophene rings is 1. The predicted molar refractivity (Wildman–Crippen MR) is 72.2 cm³/mol. The van der Waals surface area contributed by atoms with E-state index in [1.165, 1.54) is 4.88 Å². The molecule has 86 valence electrons. The van der Waals surface area contributed by atoms with Gasteiger partial charge in [-0.05, 0) is 30.5 Å². The summed E-state index contributed by atoms with van der Waals surface area (Å²) < 4.78 is 0. The third-order valence-electron chi connectivity index (χ3n) is 2.67. The summed E-state index contributed by atoms with van der Waals surface area (Å²) >= 11 is 1.75. The molecule has 3 heteroatoms. The van der Waals surface area contributed by atoms with Crippen LogP contribution in [0, 0.1) is 11.3 Å². The van der Waals surface area contributed by atoms with Gasteiger partial charge >= 0.3 is 0 Å². The van der Waals surface area contributed by atoms with Gasteiger partial charge in [-0.25, -0.2) is 0 Å². The second-order valence-electron chi connectivity index (χ2n) is 3.72. The molecule has 0 amide bonds. The molecule has 0 aliphatic heterocycles. The van der Waals surface area contributed by atoms with E-state index in [0.29, 0.717) is 0 Å². The summed E-state index contributed by atoms with van der Waals surface area (Å²) in [6, 6.07) is 14.2. The molecule has 2 rings (SSSR count). The number of rotatable bonds is 4. The molecule has 1 heterocycles. The number of anilines is 1. The third-order valence-corrected chi connectivity index (χ3v) is 3.53. The highest BCUT2D eigenvalue weighted by atomic mass is 32.1. The molecule has 2 nitrogen and oxygen atoms in total. The van der Waals surface area contributed by atoms with E-state index in [1.54, 1.807) is 11.3 Å². The Kier molecular flexibility index (Phi) is 3.79. The smallest absolute Gasteiger partial charge is 0.101 e. The van der Waals surface area contributed by atoms with Crippen molar-refractivity contribution in [1.82, 2.24) is 0 Å². The molecule has 0 aliphatic rings. The molecule has 0 N–H and O–H groups in total. The van der Waals surface area contributed by atoms with Crippen LogP contribution in [0.3, 0.4) is 0 Å². The Bertz CT molecular complexity index is 511. The molecule has 0 saturated heterocycles. The fourth-order valence-electron chi connectivity index (χ4n) is 1.80. The van der Waals surface area contributed by atoms with Crippen molar-refractivity contribution in [2.24, 2.45) is 0 Å². The van der Waals surface area contributed by atoms with E-state index in [-0.39, 0.29) is 0 Å². The van der Waals surface area contributed by atoms with Crippen LogP contribution < -0.4 is 4.90 Å². The maximum atomic E-state index is 9.11. The maximum absolute atomic E-state index is 9.11. The van der Waals surface area contributed by atoms with Gasteiger partial charge in [0.1, 0.15) is 6.07 Å². The Morgan fingerprint density at radius 1 is 1.24 bits per heavy atom. The van der Waals surface area contributed by atoms with Crippen molar-refractivity contribution in [3.05, 3.63) is 52.2 Å². The summed E-state index contributed by atoms with van der Waals surface area (Å²) in [4.78, 5) is 3.55. The number of hydrogen-bond acceptors (Lipinski definition) is 3. The van der Waals surface area contributed by atoms with Crippen molar-refractivity contribution < 1.29 is 0 Å². The monoisotopic (exact) mass is 242 g/mol. The van der Waals surface area contributed by atoms with Crippen molar-refractivity contribution in [1.29, 1.82) is 5.26 Å². The molecular formula is C14H14N2S. The van der Waals surface area contributed by atoms with Crippen molar-refractivity contribution >= 4 is 17.0 Å². The normalized spacial score (nSPS) is 9.88. The summed E-state index contributed by atoms with van der Waals surface area (Å²) in [6.45, 7) is 3.88. The summed E-state index contributed by atoms with van der Waals surface area (Å²) in [5.74, 6) is 0. The zero-order chi connectivity index (χ0) is 12.1. The standard InChI is InChI=1S/C14H14N2S/c1-2-16(11-13-7-5-9-17-13)14-8-4-3-6-12(14)10-15/h3-9H,2,11H2,1H3. The Labute approximate surface area is 106 Å². The van der Waals surface area contributed by atoms with Crippen molar-refractivity contribution in [3.8, 4) is 6.07 Å². The summed E-state index contributed by atoms with van der Waals surface area (Å²) in [5.41, 5.74) is 1.76. The van der Waals surface area contributed by atoms with Gasteiger partial charge in [-0.3, -0.25) is 0 Å². The first-order valence-electron chi connectivity index (χ1n) is 5.61. The van der Waals surface area contributed by atoms with E-state index in [0.717, 1.165) is 24.3 Å². The first-order chi connectivity index (χ1) is 8.35. The van der Waals surface area contributed by atoms with Crippen LogP contribution in [-0.4, -0.2) is 6.54 Å². The van der Waals surface area contributed by atoms with Crippen LogP contribution in [0.25, 0.3) is 0 Å². The molecule has 0 spiro atoms. The summed E-state index contributed by atoms with van der Waals surface area (Å²) in [7, 11) is 0. The van der Waals surface area contributed by atoms with E-state index in [4.69, 9.17) is 5.26 Å². The molecule has 17 heavy (non-hydrogen) atoms. The molecule has 1 aromatic carbocycles. The first-order valence-corrected chi connectivity index (χ1v) is 6.49. The van der Waals surface area contributed by atoms with Gasteiger partial charge in [0.25, 0.3) is 0 Å². The number of para-hydroxylation sites is 1. The minimum atomic E-state index is 0.742. The predicted octanol–water partition coefficient (Wildman–Crippen LogP) is 3.65. The molecule has 0 unspecified atom stereocenters. The van der Waals surface area contributed by atoms with Gasteiger partial charge in [0.15, 0.2) is 0 Å². The second-order valence-corrected chi connectivity index (χ2v) is 4.75. The van der Waals surface area contributed by atoms with E-state index in [1.807, 2.05) is 24.3 Å².